The molecule has 0 bridgehead atoms. The molecule has 4 heterocycles. The lowest BCUT2D eigenvalue weighted by atomic mass is 9.82. The van der Waals surface area contributed by atoms with Gasteiger partial charge >= 0.3 is 0 Å². The lowest BCUT2D eigenvalue weighted by Crippen LogP contribution is -2.29. The van der Waals surface area contributed by atoms with Gasteiger partial charge in [0.05, 0.1) is 23.3 Å². The summed E-state index contributed by atoms with van der Waals surface area (Å²) in [7, 11) is 0.245. The summed E-state index contributed by atoms with van der Waals surface area (Å²) in [6.07, 6.45) is 6.33. The molecule has 216 valence electrons. The van der Waals surface area contributed by atoms with Gasteiger partial charge in [-0.05, 0) is 75.9 Å². The molecule has 2 aromatic heterocycles. The Kier molecular flexibility index (Phi) is 8.00. The second-order valence-electron chi connectivity index (χ2n) is 11.5. The monoisotopic (exact) mass is 587 g/mol. The molecule has 1 saturated heterocycles. The molecule has 12 heteroatoms. The Balaban J connectivity index is 1.45. The molecule has 0 saturated carbocycles. The molecule has 2 N–H and O–H groups in total. The summed E-state index contributed by atoms with van der Waals surface area (Å²) in [4.78, 5) is 11.4. The maximum Gasteiger partial charge on any atom is 0.229 e. The zero-order chi connectivity index (χ0) is 28.8. The van der Waals surface area contributed by atoms with Crippen molar-refractivity contribution in [1.29, 1.82) is 0 Å². The van der Waals surface area contributed by atoms with Crippen LogP contribution in [0.1, 0.15) is 56.2 Å². The minimum Gasteiger partial charge on any atom is -0.488 e. The van der Waals surface area contributed by atoms with Crippen molar-refractivity contribution in [1.82, 2.24) is 24.6 Å². The summed E-state index contributed by atoms with van der Waals surface area (Å²) < 4.78 is 33.7. The molecule has 10 nitrogen and oxygen atoms in total. The number of likely N-dealkylation sites (tertiary alicyclic amines) is 1. The van der Waals surface area contributed by atoms with Gasteiger partial charge in [0.1, 0.15) is 16.9 Å². The molecule has 0 unspecified atom stereocenters. The largest absolute Gasteiger partial charge is 0.488 e. The van der Waals surface area contributed by atoms with E-state index in [0.717, 1.165) is 43.8 Å². The summed E-state index contributed by atoms with van der Waals surface area (Å²) in [6.45, 7) is 10.2. The Labute approximate surface area is 241 Å². The van der Waals surface area contributed by atoms with Gasteiger partial charge in [-0.1, -0.05) is 25.4 Å². The fourth-order valence-corrected chi connectivity index (χ4v) is 7.64. The molecule has 2 aliphatic heterocycles. The topological polar surface area (TPSA) is 114 Å². The fraction of sp³-hybridized carbons (Fsp3) is 0.536. The smallest absolute Gasteiger partial charge is 0.229 e. The van der Waals surface area contributed by atoms with Crippen LogP contribution in [0, 0.1) is 12.8 Å². The number of halogens is 1. The van der Waals surface area contributed by atoms with Crippen LogP contribution in [0.2, 0.25) is 5.02 Å². The molecule has 1 fully saturated rings. The van der Waals surface area contributed by atoms with Gasteiger partial charge in [0.15, 0.2) is 15.7 Å². The highest BCUT2D eigenvalue weighted by Crippen LogP contribution is 2.45. The molecule has 1 atom stereocenters. The van der Waals surface area contributed by atoms with Crippen LogP contribution >= 0.6 is 11.6 Å². The first-order chi connectivity index (χ1) is 18.9. The number of anilines is 4. The van der Waals surface area contributed by atoms with Crippen LogP contribution in [0.15, 0.2) is 23.5 Å². The van der Waals surface area contributed by atoms with Gasteiger partial charge in [-0.15, -0.1) is 0 Å². The fourth-order valence-electron chi connectivity index (χ4n) is 5.77. The van der Waals surface area contributed by atoms with Crippen LogP contribution in [-0.4, -0.2) is 65.1 Å². The standard InChI is InChI=1S/C28H38ClN7O3S/c1-16(2)15-40(37,38)27-23(14-36(6)34-27)31-26-21(29)13-30-28(33-26)32-22-11-17(3)24(19-7-9-35(5)10-8-19)20-12-18(4)39-25(20)22/h11,13-14,16,18-19H,7-10,12,15H2,1-6H3,(H2,30,31,32,33)/t18-/m1/s1. The number of rotatable bonds is 8. The van der Waals surface area contributed by atoms with Crippen molar-refractivity contribution < 1.29 is 13.2 Å². The van der Waals surface area contributed by atoms with E-state index in [2.05, 4.69) is 57.6 Å². The minimum atomic E-state index is -3.61. The summed E-state index contributed by atoms with van der Waals surface area (Å²) in [5, 5.41) is 10.8. The number of hydrogen-bond acceptors (Lipinski definition) is 9. The Hall–Kier alpha value is -2.89. The summed E-state index contributed by atoms with van der Waals surface area (Å²) in [5.41, 5.74) is 5.04. The normalized spacial score (nSPS) is 18.1. The number of nitrogens with zero attached hydrogens (tertiary/aromatic N) is 5. The third-order valence-corrected chi connectivity index (χ3v) is 9.73. The highest BCUT2D eigenvalue weighted by Gasteiger charge is 2.32. The lowest BCUT2D eigenvalue weighted by Gasteiger charge is -2.31. The number of ether oxygens (including phenoxy) is 1. The van der Waals surface area contributed by atoms with Gasteiger partial charge in [-0.3, -0.25) is 4.68 Å². The second kappa shape index (κ2) is 11.2. The molecular weight excluding hydrogens is 550 g/mol. The Morgan fingerprint density at radius 2 is 1.90 bits per heavy atom. The molecule has 0 radical (unpaired) electrons. The summed E-state index contributed by atoms with van der Waals surface area (Å²) >= 11 is 6.44. The van der Waals surface area contributed by atoms with Crippen LogP contribution in [0.4, 0.5) is 23.1 Å². The average Bonchev–Trinajstić information content (AvgIpc) is 3.44. The second-order valence-corrected chi connectivity index (χ2v) is 13.9. The van der Waals surface area contributed by atoms with E-state index in [-0.39, 0.29) is 33.6 Å². The first kappa shape index (κ1) is 28.6. The molecule has 40 heavy (non-hydrogen) atoms. The van der Waals surface area contributed by atoms with Crippen molar-refractivity contribution in [2.45, 2.75) is 64.0 Å². The van der Waals surface area contributed by atoms with E-state index in [1.807, 2.05) is 13.8 Å². The molecule has 1 aromatic carbocycles. The predicted molar refractivity (Wildman–Crippen MR) is 158 cm³/mol. The van der Waals surface area contributed by atoms with Crippen LogP contribution in [0.5, 0.6) is 5.75 Å². The van der Waals surface area contributed by atoms with E-state index in [1.165, 1.54) is 27.6 Å². The van der Waals surface area contributed by atoms with Crippen molar-refractivity contribution in [2.75, 3.05) is 36.5 Å². The number of aryl methyl sites for hydroxylation is 2. The van der Waals surface area contributed by atoms with Gasteiger partial charge in [-0.2, -0.15) is 10.1 Å². The minimum absolute atomic E-state index is 0.0144. The van der Waals surface area contributed by atoms with Crippen LogP contribution < -0.4 is 15.4 Å². The number of benzene rings is 1. The molecule has 2 aliphatic rings. The van der Waals surface area contributed by atoms with Gasteiger partial charge in [-0.25, -0.2) is 13.4 Å². The zero-order valence-corrected chi connectivity index (χ0v) is 25.5. The number of aromatic nitrogens is 4. The Morgan fingerprint density at radius 1 is 1.18 bits per heavy atom. The molecule has 3 aromatic rings. The number of piperidine rings is 1. The van der Waals surface area contributed by atoms with Gasteiger partial charge in [0.2, 0.25) is 11.0 Å². The zero-order valence-electron chi connectivity index (χ0n) is 24.0. The molecular formula is C28H38ClN7O3S. The van der Waals surface area contributed by atoms with E-state index in [0.29, 0.717) is 17.6 Å². The first-order valence-electron chi connectivity index (χ1n) is 13.8. The Bertz CT molecular complexity index is 1510. The number of hydrogen-bond donors (Lipinski definition) is 2. The number of sulfone groups is 1. The van der Waals surface area contributed by atoms with Crippen LogP contribution in [-0.2, 0) is 23.3 Å². The molecule has 0 amide bonds. The van der Waals surface area contributed by atoms with Gasteiger partial charge in [0.25, 0.3) is 0 Å². The van der Waals surface area contributed by atoms with Crippen molar-refractivity contribution in [3.05, 3.63) is 40.2 Å². The van der Waals surface area contributed by atoms with Gasteiger partial charge < -0.3 is 20.3 Å². The summed E-state index contributed by atoms with van der Waals surface area (Å²) in [5.74, 6) is 1.92. The SMILES string of the molecule is Cc1cc(Nc2ncc(Cl)c(Nc3cn(C)nc3S(=O)(=O)CC(C)C)n2)c2c(c1C1CCN(C)CC1)C[C@@H](C)O2. The van der Waals surface area contributed by atoms with Crippen LogP contribution in [0.3, 0.4) is 0 Å². The molecule has 5 rings (SSSR count). The average molecular weight is 588 g/mol. The highest BCUT2D eigenvalue weighted by molar-refractivity contribution is 7.91. The molecule has 0 spiro atoms. The Morgan fingerprint density at radius 3 is 2.60 bits per heavy atom. The van der Waals surface area contributed by atoms with Crippen molar-refractivity contribution in [3.63, 3.8) is 0 Å². The van der Waals surface area contributed by atoms with E-state index in [1.54, 1.807) is 13.2 Å². The summed E-state index contributed by atoms with van der Waals surface area (Å²) in [6, 6.07) is 2.12. The van der Waals surface area contributed by atoms with Crippen LogP contribution in [0.25, 0.3) is 0 Å². The third kappa shape index (κ3) is 5.91. The van der Waals surface area contributed by atoms with Gasteiger partial charge in [0, 0.05) is 25.2 Å². The van der Waals surface area contributed by atoms with Crippen molar-refractivity contribution >= 4 is 44.6 Å². The molecule has 0 aliphatic carbocycles. The lowest BCUT2D eigenvalue weighted by molar-refractivity contribution is 0.254. The maximum absolute atomic E-state index is 13.0. The predicted octanol–water partition coefficient (Wildman–Crippen LogP) is 5.22. The van der Waals surface area contributed by atoms with E-state index < -0.39 is 9.84 Å². The highest BCUT2D eigenvalue weighted by atomic mass is 35.5. The van der Waals surface area contributed by atoms with Crippen molar-refractivity contribution in [3.8, 4) is 5.75 Å². The van der Waals surface area contributed by atoms with E-state index >= 15 is 0 Å². The van der Waals surface area contributed by atoms with E-state index in [4.69, 9.17) is 16.3 Å². The number of nitrogens with one attached hydrogen (secondary N) is 2. The maximum atomic E-state index is 13.0. The van der Waals surface area contributed by atoms with E-state index in [9.17, 15) is 8.42 Å². The third-order valence-electron chi connectivity index (χ3n) is 7.45. The van der Waals surface area contributed by atoms with Crippen molar-refractivity contribution in [2.24, 2.45) is 13.0 Å². The quantitative estimate of drug-likeness (QED) is 0.366. The first-order valence-corrected chi connectivity index (χ1v) is 15.8. The number of fused-ring (bicyclic) bond motifs is 1.